The monoisotopic (exact) mass is 1020 g/mol. The number of carboxylic acids is 1. The van der Waals surface area contributed by atoms with E-state index in [9.17, 15) is 14.4 Å². The lowest BCUT2D eigenvalue weighted by Crippen LogP contribution is -2.11. The van der Waals surface area contributed by atoms with Crippen LogP contribution >= 0.6 is 47.8 Å². The molecule has 7 aromatic carbocycles. The molecule has 8 nitrogen and oxygen atoms in total. The molecule has 0 spiro atoms. The lowest BCUT2D eigenvalue weighted by atomic mass is 10.1. The number of aryl methyl sites for hydroxylation is 4. The van der Waals surface area contributed by atoms with Gasteiger partial charge in [-0.15, -0.1) is 0 Å². The fraction of sp³-hybridized carbons (Fsp3) is 0.118. The molecule has 0 aliphatic heterocycles. The fourth-order valence-corrected chi connectivity index (χ4v) is 5.93. The first-order valence-corrected chi connectivity index (χ1v) is 21.8. The second kappa shape index (κ2) is 27.0. The van der Waals surface area contributed by atoms with Crippen LogP contribution in [-0.2, 0) is 12.8 Å². The number of anilines is 2. The summed E-state index contributed by atoms with van der Waals surface area (Å²) in [5.41, 5.74) is 13.4. The number of nitrogens with two attached hydrogens (primary N) is 1. The maximum atomic E-state index is 12.0. The standard InChI is InChI=1S/C15H14BrNO.C14H11BrO2.C8H11N.C7H5BrO2.C7H8O/c1-2-11-4-3-5-14(10-11)17-15(18)12-6-8-13(16)9-7-12;1-10-3-2-4-13(9-10)17-14(16)11-5-7-12(15)8-6-11;1-2-7-4-3-5-8(9)6-7;8-6-3-1-5(2-4-6)7(9)10;1-6-3-2-4-7(8)5-6/h3-10H,2H2,1H3,(H,17,18);2-9H,1H3;3-6H,2,9H2,1H3;1-4H,(H,9,10);2-5,8H,1H3. The second-order valence-electron chi connectivity index (χ2n) is 13.5. The molecule has 5 N–H and O–H groups in total. The number of aromatic carboxylic acids is 1. The predicted molar refractivity (Wildman–Crippen MR) is 262 cm³/mol. The van der Waals surface area contributed by atoms with Gasteiger partial charge in [-0.1, -0.05) is 110 Å². The number of rotatable bonds is 7. The number of phenols is 1. The van der Waals surface area contributed by atoms with Crippen molar-refractivity contribution in [3.05, 3.63) is 222 Å². The van der Waals surface area contributed by atoms with Crippen LogP contribution in [0.5, 0.6) is 11.5 Å². The van der Waals surface area contributed by atoms with Gasteiger partial charge in [0.25, 0.3) is 5.91 Å². The Hall–Kier alpha value is -6.01. The summed E-state index contributed by atoms with van der Waals surface area (Å²) in [5.74, 6) is -0.422. The molecule has 0 aliphatic carbocycles. The van der Waals surface area contributed by atoms with Gasteiger partial charge in [0.1, 0.15) is 11.5 Å². The zero-order chi connectivity index (χ0) is 45.4. The normalized spacial score (nSPS) is 9.73. The van der Waals surface area contributed by atoms with Gasteiger partial charge in [-0.3, -0.25) is 4.79 Å². The molecule has 0 aromatic heterocycles. The van der Waals surface area contributed by atoms with Crippen LogP contribution in [0.2, 0.25) is 0 Å². The summed E-state index contributed by atoms with van der Waals surface area (Å²) in [4.78, 5) is 34.1. The van der Waals surface area contributed by atoms with Gasteiger partial charge in [-0.25, -0.2) is 9.59 Å². The number of benzene rings is 7. The van der Waals surface area contributed by atoms with Crippen LogP contribution in [0, 0.1) is 13.8 Å². The molecule has 0 saturated carbocycles. The van der Waals surface area contributed by atoms with Gasteiger partial charge in [0.05, 0.1) is 11.1 Å². The Kier molecular flexibility index (Phi) is 22.0. The first kappa shape index (κ1) is 50.3. The summed E-state index contributed by atoms with van der Waals surface area (Å²) in [6.45, 7) is 8.11. The molecule has 0 fully saturated rings. The molecule has 7 rings (SSSR count). The number of halogens is 3. The van der Waals surface area contributed by atoms with E-state index in [4.69, 9.17) is 20.7 Å². The average Bonchev–Trinajstić information content (AvgIpc) is 3.25. The van der Waals surface area contributed by atoms with Gasteiger partial charge in [-0.2, -0.15) is 0 Å². The summed E-state index contributed by atoms with van der Waals surface area (Å²) in [7, 11) is 0. The maximum absolute atomic E-state index is 12.0. The Morgan fingerprint density at radius 2 is 1.03 bits per heavy atom. The molecule has 0 unspecified atom stereocenters. The Labute approximate surface area is 389 Å². The van der Waals surface area contributed by atoms with E-state index >= 15 is 0 Å². The Bertz CT molecular complexity index is 2460. The zero-order valence-electron chi connectivity index (χ0n) is 34.8. The number of phenolic OH excluding ortho intramolecular Hbond substituents is 1. The van der Waals surface area contributed by atoms with Crippen LogP contribution < -0.4 is 15.8 Å². The lowest BCUT2D eigenvalue weighted by Gasteiger charge is -2.06. The third-order valence-electron chi connectivity index (χ3n) is 8.43. The van der Waals surface area contributed by atoms with Crippen molar-refractivity contribution >= 4 is 77.0 Å². The zero-order valence-corrected chi connectivity index (χ0v) is 39.6. The minimum Gasteiger partial charge on any atom is -0.508 e. The fourth-order valence-electron chi connectivity index (χ4n) is 5.14. The number of nitrogen functional groups attached to an aromatic ring is 1. The second-order valence-corrected chi connectivity index (χ2v) is 16.2. The molecule has 11 heteroatoms. The summed E-state index contributed by atoms with van der Waals surface area (Å²) < 4.78 is 8.05. The number of carbonyl (C=O) groups excluding carboxylic acids is 2. The first-order valence-electron chi connectivity index (χ1n) is 19.4. The summed E-state index contributed by atoms with van der Waals surface area (Å²) in [5, 5.41) is 20.2. The van der Waals surface area contributed by atoms with Crippen LogP contribution in [-0.4, -0.2) is 28.1 Å². The Morgan fingerprint density at radius 1 is 0.565 bits per heavy atom. The van der Waals surface area contributed by atoms with E-state index in [0.717, 1.165) is 48.8 Å². The molecular formula is C51H49Br3N2O6. The number of hydrogen-bond acceptors (Lipinski definition) is 6. The van der Waals surface area contributed by atoms with E-state index in [2.05, 4.69) is 79.1 Å². The van der Waals surface area contributed by atoms with Crippen molar-refractivity contribution in [3.8, 4) is 11.5 Å². The number of hydrogen-bond donors (Lipinski definition) is 4. The summed E-state index contributed by atoms with van der Waals surface area (Å²) >= 11 is 9.87. The molecule has 0 saturated heterocycles. The largest absolute Gasteiger partial charge is 0.508 e. The number of carbonyl (C=O) groups is 3. The molecule has 0 atom stereocenters. The van der Waals surface area contributed by atoms with Crippen molar-refractivity contribution in [3.63, 3.8) is 0 Å². The van der Waals surface area contributed by atoms with Gasteiger partial charge in [0.2, 0.25) is 0 Å². The van der Waals surface area contributed by atoms with Crippen LogP contribution in [0.25, 0.3) is 0 Å². The van der Waals surface area contributed by atoms with Crippen LogP contribution in [0.3, 0.4) is 0 Å². The topological polar surface area (TPSA) is 139 Å². The van der Waals surface area contributed by atoms with E-state index < -0.39 is 5.97 Å². The van der Waals surface area contributed by atoms with Crippen molar-refractivity contribution in [2.24, 2.45) is 0 Å². The highest BCUT2D eigenvalue weighted by atomic mass is 79.9. The summed E-state index contributed by atoms with van der Waals surface area (Å²) in [6.07, 6.45) is 2.02. The third kappa shape index (κ3) is 19.6. The minimum atomic E-state index is -0.896. The SMILES string of the molecule is CCc1cccc(N)c1.CCc1cccc(NC(=O)c2ccc(Br)cc2)c1.Cc1cccc(O)c1.Cc1cccc(OC(=O)c2ccc(Br)cc2)c1.O=C(O)c1ccc(Br)cc1. The van der Waals surface area contributed by atoms with Crippen LogP contribution in [0.15, 0.2) is 183 Å². The van der Waals surface area contributed by atoms with Gasteiger partial charge in [-0.05, 0) is 170 Å². The number of esters is 1. The Morgan fingerprint density at radius 3 is 1.48 bits per heavy atom. The lowest BCUT2D eigenvalue weighted by molar-refractivity contribution is 0.0694. The number of carboxylic acid groups (broad SMARTS) is 1. The van der Waals surface area contributed by atoms with Gasteiger partial charge in [0, 0.05) is 30.4 Å². The van der Waals surface area contributed by atoms with Gasteiger partial charge < -0.3 is 26.0 Å². The first-order chi connectivity index (χ1) is 29.6. The molecular weight excluding hydrogens is 976 g/mol. The van der Waals surface area contributed by atoms with Crippen molar-refractivity contribution in [1.82, 2.24) is 0 Å². The highest BCUT2D eigenvalue weighted by Gasteiger charge is 2.08. The molecule has 0 aliphatic rings. The highest BCUT2D eigenvalue weighted by molar-refractivity contribution is 9.11. The van der Waals surface area contributed by atoms with Crippen molar-refractivity contribution in [2.75, 3.05) is 11.1 Å². The van der Waals surface area contributed by atoms with Crippen molar-refractivity contribution in [1.29, 1.82) is 0 Å². The minimum absolute atomic E-state index is 0.0873. The Balaban J connectivity index is 0.000000215. The number of ether oxygens (including phenoxy) is 1. The maximum Gasteiger partial charge on any atom is 0.343 e. The summed E-state index contributed by atoms with van der Waals surface area (Å²) in [6, 6.07) is 51.3. The molecule has 0 bridgehead atoms. The smallest absolute Gasteiger partial charge is 0.343 e. The van der Waals surface area contributed by atoms with Crippen molar-refractivity contribution < 1.29 is 29.3 Å². The van der Waals surface area contributed by atoms with Crippen LogP contribution in [0.1, 0.15) is 67.2 Å². The number of aromatic hydroxyl groups is 1. The van der Waals surface area contributed by atoms with E-state index in [1.54, 1.807) is 66.7 Å². The molecule has 320 valence electrons. The van der Waals surface area contributed by atoms with E-state index in [0.29, 0.717) is 28.2 Å². The molecule has 1 amide bonds. The quantitative estimate of drug-likeness (QED) is 0.0708. The molecule has 0 radical (unpaired) electrons. The molecule has 7 aromatic rings. The average molecular weight is 1030 g/mol. The van der Waals surface area contributed by atoms with Gasteiger partial charge >= 0.3 is 11.9 Å². The van der Waals surface area contributed by atoms with E-state index in [1.165, 1.54) is 11.1 Å². The molecule has 0 heterocycles. The number of amides is 1. The van der Waals surface area contributed by atoms with Gasteiger partial charge in [0.15, 0.2) is 0 Å². The predicted octanol–water partition coefficient (Wildman–Crippen LogP) is 13.9. The van der Waals surface area contributed by atoms with Crippen LogP contribution in [0.4, 0.5) is 11.4 Å². The number of nitrogens with one attached hydrogen (secondary N) is 1. The van der Waals surface area contributed by atoms with E-state index in [1.807, 2.05) is 105 Å². The third-order valence-corrected chi connectivity index (χ3v) is 10.0. The van der Waals surface area contributed by atoms with E-state index in [-0.39, 0.29) is 11.9 Å². The van der Waals surface area contributed by atoms with Crippen molar-refractivity contribution in [2.45, 2.75) is 40.5 Å². The highest BCUT2D eigenvalue weighted by Crippen LogP contribution is 2.18. The molecule has 62 heavy (non-hydrogen) atoms.